The van der Waals surface area contributed by atoms with Gasteiger partial charge >= 0.3 is 0 Å². The van der Waals surface area contributed by atoms with Crippen molar-refractivity contribution >= 4 is 34.7 Å². The lowest BCUT2D eigenvalue weighted by atomic mass is 9.95. The largest absolute Gasteiger partial charge is 0.507 e. The summed E-state index contributed by atoms with van der Waals surface area (Å²) in [7, 11) is 2.93. The first kappa shape index (κ1) is 23.5. The summed E-state index contributed by atoms with van der Waals surface area (Å²) in [6.45, 7) is 1.39. The topological polar surface area (TPSA) is 118 Å². The zero-order chi connectivity index (χ0) is 25.1. The molecule has 1 atom stereocenters. The predicted octanol–water partition coefficient (Wildman–Crippen LogP) is 3.68. The fraction of sp³-hybridized carbons (Fsp3) is 0.154. The van der Waals surface area contributed by atoms with Crippen LogP contribution in [0.15, 0.2) is 72.6 Å². The highest BCUT2D eigenvalue weighted by atomic mass is 16.5. The van der Waals surface area contributed by atoms with E-state index in [1.807, 2.05) is 0 Å². The lowest BCUT2D eigenvalue weighted by molar-refractivity contribution is -0.132. The Labute approximate surface area is 201 Å². The number of amides is 2. The molecule has 9 nitrogen and oxygen atoms in total. The molecule has 4 rings (SSSR count). The lowest BCUT2D eigenvalue weighted by Gasteiger charge is -2.25. The predicted molar refractivity (Wildman–Crippen MR) is 129 cm³/mol. The molecule has 1 saturated heterocycles. The Morgan fingerprint density at radius 2 is 1.69 bits per heavy atom. The number of nitrogens with zero attached hydrogens (tertiary/aromatic N) is 2. The average Bonchev–Trinajstić information content (AvgIpc) is 3.14. The third-order valence-corrected chi connectivity index (χ3v) is 5.60. The molecule has 1 aliphatic rings. The van der Waals surface area contributed by atoms with Gasteiger partial charge in [0.2, 0.25) is 5.91 Å². The Balaban J connectivity index is 1.89. The first-order chi connectivity index (χ1) is 16.8. The lowest BCUT2D eigenvalue weighted by Crippen LogP contribution is -2.29. The second-order valence-corrected chi connectivity index (χ2v) is 7.74. The van der Waals surface area contributed by atoms with Gasteiger partial charge in [-0.25, -0.2) is 0 Å². The van der Waals surface area contributed by atoms with Crippen molar-refractivity contribution in [2.45, 2.75) is 13.0 Å². The van der Waals surface area contributed by atoms with E-state index in [4.69, 9.17) is 9.47 Å². The molecule has 2 aromatic carbocycles. The van der Waals surface area contributed by atoms with Gasteiger partial charge < -0.3 is 19.9 Å². The molecule has 1 fully saturated rings. The number of Topliss-reactive ketones (excluding diaryl/α,β-unsaturated/α-hetero) is 1. The summed E-state index contributed by atoms with van der Waals surface area (Å²) in [5, 5.41) is 14.0. The minimum Gasteiger partial charge on any atom is -0.507 e. The standard InChI is InChI=1S/C26H23N3O6/c1-15(30)28-17-4-6-18(7-5-17)29-23(16-10-12-27-13-11-16)22(25(32)26(29)33)24(31)20-9-8-19(34-2)14-21(20)35-3/h4-14,23,31H,1-3H3,(H,28,30)/b24-22-. The van der Waals surface area contributed by atoms with E-state index in [0.717, 1.165) is 0 Å². The van der Waals surface area contributed by atoms with Gasteiger partial charge in [0.1, 0.15) is 17.3 Å². The van der Waals surface area contributed by atoms with Crippen LogP contribution in [0.25, 0.3) is 5.76 Å². The van der Waals surface area contributed by atoms with Crippen molar-refractivity contribution in [3.8, 4) is 11.5 Å². The van der Waals surface area contributed by atoms with Gasteiger partial charge in [-0.05, 0) is 54.1 Å². The number of carbonyl (C=O) groups is 3. The number of aliphatic hydroxyl groups is 1. The average molecular weight is 473 g/mol. The molecule has 0 bridgehead atoms. The van der Waals surface area contributed by atoms with E-state index < -0.39 is 17.7 Å². The first-order valence-corrected chi connectivity index (χ1v) is 10.7. The van der Waals surface area contributed by atoms with Crippen molar-refractivity contribution in [3.63, 3.8) is 0 Å². The Morgan fingerprint density at radius 1 is 1.00 bits per heavy atom. The number of aromatic nitrogens is 1. The summed E-state index contributed by atoms with van der Waals surface area (Å²) in [5.74, 6) is -1.46. The van der Waals surface area contributed by atoms with Gasteiger partial charge in [-0.2, -0.15) is 0 Å². The summed E-state index contributed by atoms with van der Waals surface area (Å²) in [6.07, 6.45) is 3.09. The minimum absolute atomic E-state index is 0.0874. The smallest absolute Gasteiger partial charge is 0.300 e. The number of hydrogen-bond donors (Lipinski definition) is 2. The first-order valence-electron chi connectivity index (χ1n) is 10.7. The van der Waals surface area contributed by atoms with E-state index in [0.29, 0.717) is 22.7 Å². The number of carbonyl (C=O) groups excluding carboxylic acids is 3. The molecule has 9 heteroatoms. The van der Waals surface area contributed by atoms with Gasteiger partial charge in [0.25, 0.3) is 11.7 Å². The molecule has 178 valence electrons. The van der Waals surface area contributed by atoms with Crippen LogP contribution in [0.2, 0.25) is 0 Å². The number of methoxy groups -OCH3 is 2. The molecule has 1 aliphatic heterocycles. The summed E-state index contributed by atoms with van der Waals surface area (Å²) in [4.78, 5) is 43.2. The minimum atomic E-state index is -0.920. The van der Waals surface area contributed by atoms with Crippen molar-refractivity contribution in [1.29, 1.82) is 0 Å². The van der Waals surface area contributed by atoms with Crippen LogP contribution in [0.1, 0.15) is 24.1 Å². The molecule has 0 aliphatic carbocycles. The second-order valence-electron chi connectivity index (χ2n) is 7.74. The van der Waals surface area contributed by atoms with E-state index in [-0.39, 0.29) is 28.6 Å². The van der Waals surface area contributed by atoms with Crippen molar-refractivity contribution in [1.82, 2.24) is 4.98 Å². The summed E-state index contributed by atoms with van der Waals surface area (Å²) < 4.78 is 10.6. The van der Waals surface area contributed by atoms with E-state index in [9.17, 15) is 19.5 Å². The van der Waals surface area contributed by atoms with Crippen LogP contribution in [-0.4, -0.2) is 41.9 Å². The monoisotopic (exact) mass is 473 g/mol. The maximum Gasteiger partial charge on any atom is 0.300 e. The van der Waals surface area contributed by atoms with Crippen molar-refractivity contribution in [2.75, 3.05) is 24.4 Å². The van der Waals surface area contributed by atoms with E-state index >= 15 is 0 Å². The summed E-state index contributed by atoms with van der Waals surface area (Å²) >= 11 is 0. The SMILES string of the molecule is COc1ccc(/C(O)=C2/C(=O)C(=O)N(c3ccc(NC(C)=O)cc3)C2c2ccncc2)c(OC)c1. The van der Waals surface area contributed by atoms with E-state index in [1.54, 1.807) is 67.0 Å². The van der Waals surface area contributed by atoms with Crippen molar-refractivity contribution in [3.05, 3.63) is 83.7 Å². The van der Waals surface area contributed by atoms with Crippen LogP contribution in [0, 0.1) is 0 Å². The second kappa shape index (κ2) is 9.68. The number of nitrogens with one attached hydrogen (secondary N) is 1. The number of aliphatic hydroxyl groups excluding tert-OH is 1. The van der Waals surface area contributed by atoms with Crippen LogP contribution in [0.5, 0.6) is 11.5 Å². The fourth-order valence-corrected chi connectivity index (χ4v) is 4.01. The number of ketones is 1. The van der Waals surface area contributed by atoms with Crippen LogP contribution in [0.4, 0.5) is 11.4 Å². The Morgan fingerprint density at radius 3 is 2.29 bits per heavy atom. The molecule has 3 aromatic rings. The van der Waals surface area contributed by atoms with Crippen molar-refractivity contribution < 1.29 is 29.0 Å². The zero-order valence-electron chi connectivity index (χ0n) is 19.3. The molecule has 2 amide bonds. The summed E-state index contributed by atoms with van der Waals surface area (Å²) in [6, 6.07) is 13.7. The number of anilines is 2. The highest BCUT2D eigenvalue weighted by Gasteiger charge is 2.47. The Bertz CT molecular complexity index is 1320. The molecule has 1 unspecified atom stereocenters. The highest BCUT2D eigenvalue weighted by molar-refractivity contribution is 6.51. The molecule has 0 radical (unpaired) electrons. The number of pyridine rings is 1. The van der Waals surface area contributed by atoms with Gasteiger partial charge in [0.05, 0.1) is 31.4 Å². The number of benzene rings is 2. The normalized spacial score (nSPS) is 16.8. The quantitative estimate of drug-likeness (QED) is 0.318. The zero-order valence-corrected chi connectivity index (χ0v) is 19.3. The number of ether oxygens (including phenoxy) is 2. The molecule has 0 saturated carbocycles. The van der Waals surface area contributed by atoms with Gasteiger partial charge in [0, 0.05) is 36.8 Å². The summed E-state index contributed by atoms with van der Waals surface area (Å²) in [5.41, 5.74) is 1.70. The molecule has 2 heterocycles. The maximum atomic E-state index is 13.3. The molecule has 2 N–H and O–H groups in total. The number of hydrogen-bond acceptors (Lipinski definition) is 7. The van der Waals surface area contributed by atoms with Crippen LogP contribution < -0.4 is 19.7 Å². The molecular weight excluding hydrogens is 450 g/mol. The molecule has 0 spiro atoms. The van der Waals surface area contributed by atoms with Gasteiger partial charge in [-0.15, -0.1) is 0 Å². The Kier molecular flexibility index (Phi) is 6.50. The van der Waals surface area contributed by atoms with Crippen molar-refractivity contribution in [2.24, 2.45) is 0 Å². The van der Waals surface area contributed by atoms with E-state index in [2.05, 4.69) is 10.3 Å². The Hall–Kier alpha value is -4.66. The van der Waals surface area contributed by atoms with Gasteiger partial charge in [-0.1, -0.05) is 0 Å². The van der Waals surface area contributed by atoms with Crippen LogP contribution in [0.3, 0.4) is 0 Å². The van der Waals surface area contributed by atoms with E-state index in [1.165, 1.54) is 26.0 Å². The molecular formula is C26H23N3O6. The molecule has 35 heavy (non-hydrogen) atoms. The number of rotatable bonds is 6. The van der Waals surface area contributed by atoms with Crippen LogP contribution >= 0.6 is 0 Å². The third kappa shape index (κ3) is 4.43. The maximum absolute atomic E-state index is 13.3. The van der Waals surface area contributed by atoms with Gasteiger partial charge in [-0.3, -0.25) is 24.3 Å². The van der Waals surface area contributed by atoms with Crippen LogP contribution in [-0.2, 0) is 14.4 Å². The highest BCUT2D eigenvalue weighted by Crippen LogP contribution is 2.43. The fourth-order valence-electron chi connectivity index (χ4n) is 4.01. The van der Waals surface area contributed by atoms with Gasteiger partial charge in [0.15, 0.2) is 0 Å². The third-order valence-electron chi connectivity index (χ3n) is 5.60. The molecule has 1 aromatic heterocycles.